The molecule has 5 heteroatoms. The summed E-state index contributed by atoms with van der Waals surface area (Å²) in [6.45, 7) is 2.83. The van der Waals surface area contributed by atoms with Crippen LogP contribution in [-0.2, 0) is 4.79 Å². The maximum Gasteiger partial charge on any atom is 0.343 e. The maximum absolute atomic E-state index is 12.3. The zero-order valence-electron chi connectivity index (χ0n) is 16.4. The lowest BCUT2D eigenvalue weighted by Gasteiger charge is -2.09. The average Bonchev–Trinajstić information content (AvgIpc) is 3.28. The number of esters is 2. The van der Waals surface area contributed by atoms with E-state index >= 15 is 0 Å². The second-order valence-corrected chi connectivity index (χ2v) is 6.66. The lowest BCUT2D eigenvalue weighted by molar-refractivity contribution is -0.135. The molecule has 5 nitrogen and oxygen atoms in total. The average molecular weight is 392 g/mol. The number of rotatable bonds is 9. The van der Waals surface area contributed by atoms with Gasteiger partial charge < -0.3 is 14.2 Å². The van der Waals surface area contributed by atoms with Crippen LogP contribution in [0.25, 0.3) is 0 Å². The summed E-state index contributed by atoms with van der Waals surface area (Å²) in [6, 6.07) is 13.2. The molecule has 0 aliphatic heterocycles. The van der Waals surface area contributed by atoms with E-state index in [-0.39, 0.29) is 11.9 Å². The summed E-state index contributed by atoms with van der Waals surface area (Å²) in [6.07, 6.45) is 10.4. The Bertz CT molecular complexity index is 866. The monoisotopic (exact) mass is 392 g/mol. The fourth-order valence-electron chi connectivity index (χ4n) is 2.74. The van der Waals surface area contributed by atoms with Crippen LogP contribution in [0, 0.1) is 5.92 Å². The molecule has 0 bridgehead atoms. The van der Waals surface area contributed by atoms with Gasteiger partial charge in [0, 0.05) is 0 Å². The molecule has 3 rings (SSSR count). The zero-order chi connectivity index (χ0) is 20.5. The molecule has 0 radical (unpaired) electrons. The van der Waals surface area contributed by atoms with Crippen molar-refractivity contribution >= 4 is 11.9 Å². The third-order valence-electron chi connectivity index (χ3n) is 4.38. The highest BCUT2D eigenvalue weighted by Gasteiger charge is 2.17. The van der Waals surface area contributed by atoms with Crippen molar-refractivity contribution in [1.82, 2.24) is 0 Å². The Hall–Kier alpha value is -3.34. The standard InChI is InChI=1S/C24H24O5/c1-2-3-6-17-27-20-13-15-22(16-14-20)29-24(26)19-9-11-21(12-10-19)28-23(25)18-7-4-5-8-18/h4-5,7-16,18H,2-3,6,17H2,1H3. The van der Waals surface area contributed by atoms with Gasteiger partial charge in [0.2, 0.25) is 0 Å². The number of allylic oxidation sites excluding steroid dienone is 2. The largest absolute Gasteiger partial charge is 0.494 e. The van der Waals surface area contributed by atoms with E-state index in [1.165, 1.54) is 0 Å². The first-order chi connectivity index (χ1) is 14.2. The van der Waals surface area contributed by atoms with E-state index in [2.05, 4.69) is 6.92 Å². The van der Waals surface area contributed by atoms with Crippen molar-refractivity contribution in [3.8, 4) is 17.2 Å². The van der Waals surface area contributed by atoms with E-state index in [0.29, 0.717) is 23.7 Å². The fraction of sp³-hybridized carbons (Fsp3) is 0.250. The summed E-state index contributed by atoms with van der Waals surface area (Å²) >= 11 is 0. The molecule has 0 amide bonds. The predicted molar refractivity (Wildman–Crippen MR) is 110 cm³/mol. The molecule has 150 valence electrons. The van der Waals surface area contributed by atoms with E-state index < -0.39 is 5.97 Å². The first kappa shape index (κ1) is 20.4. The van der Waals surface area contributed by atoms with Crippen molar-refractivity contribution in [3.05, 3.63) is 78.4 Å². The highest BCUT2D eigenvalue weighted by molar-refractivity contribution is 5.91. The SMILES string of the molecule is CCCCCOc1ccc(OC(=O)c2ccc(OC(=O)C3C=CC=C3)cc2)cc1. The number of benzene rings is 2. The van der Waals surface area contributed by atoms with E-state index in [9.17, 15) is 9.59 Å². The minimum atomic E-state index is -0.485. The lowest BCUT2D eigenvalue weighted by Crippen LogP contribution is -2.16. The van der Waals surface area contributed by atoms with Gasteiger partial charge in [0.05, 0.1) is 18.1 Å². The minimum Gasteiger partial charge on any atom is -0.494 e. The molecule has 0 saturated carbocycles. The number of carbonyl (C=O) groups is 2. The summed E-state index contributed by atoms with van der Waals surface area (Å²) in [7, 11) is 0. The first-order valence-electron chi connectivity index (χ1n) is 9.77. The van der Waals surface area contributed by atoms with Gasteiger partial charge in [-0.25, -0.2) is 4.79 Å². The van der Waals surface area contributed by atoms with Crippen LogP contribution in [0.5, 0.6) is 17.2 Å². The molecule has 0 spiro atoms. The van der Waals surface area contributed by atoms with Gasteiger partial charge >= 0.3 is 11.9 Å². The van der Waals surface area contributed by atoms with Crippen molar-refractivity contribution in [3.63, 3.8) is 0 Å². The van der Waals surface area contributed by atoms with Crippen LogP contribution in [0.1, 0.15) is 36.5 Å². The van der Waals surface area contributed by atoms with Gasteiger partial charge in [-0.05, 0) is 55.0 Å². The predicted octanol–water partition coefficient (Wildman–Crippen LogP) is 5.12. The first-order valence-corrected chi connectivity index (χ1v) is 9.77. The molecular weight excluding hydrogens is 368 g/mol. The Balaban J connectivity index is 1.50. The van der Waals surface area contributed by atoms with Gasteiger partial charge in [0.1, 0.15) is 17.2 Å². The number of ether oxygens (including phenoxy) is 3. The third kappa shape index (κ3) is 6.07. The molecule has 0 aromatic heterocycles. The Labute approximate surface area is 170 Å². The summed E-state index contributed by atoms with van der Waals surface area (Å²) in [5.41, 5.74) is 0.366. The highest BCUT2D eigenvalue weighted by atomic mass is 16.5. The van der Waals surface area contributed by atoms with Crippen molar-refractivity contribution in [2.45, 2.75) is 26.2 Å². The Morgan fingerprint density at radius 2 is 1.38 bits per heavy atom. The Morgan fingerprint density at radius 1 is 0.793 bits per heavy atom. The molecular formula is C24H24O5. The number of hydrogen-bond donors (Lipinski definition) is 0. The minimum absolute atomic E-state index is 0.359. The molecule has 0 unspecified atom stereocenters. The molecule has 0 heterocycles. The Morgan fingerprint density at radius 3 is 2.03 bits per heavy atom. The topological polar surface area (TPSA) is 61.8 Å². The molecule has 1 aliphatic carbocycles. The second-order valence-electron chi connectivity index (χ2n) is 6.66. The second kappa shape index (κ2) is 10.3. The molecule has 0 saturated heterocycles. The van der Waals surface area contributed by atoms with Crippen molar-refractivity contribution in [1.29, 1.82) is 0 Å². The van der Waals surface area contributed by atoms with Crippen LogP contribution in [0.4, 0.5) is 0 Å². The van der Waals surface area contributed by atoms with Crippen LogP contribution >= 0.6 is 0 Å². The highest BCUT2D eigenvalue weighted by Crippen LogP contribution is 2.21. The lowest BCUT2D eigenvalue weighted by atomic mass is 10.2. The zero-order valence-corrected chi connectivity index (χ0v) is 16.4. The van der Waals surface area contributed by atoms with Crippen LogP contribution < -0.4 is 14.2 Å². The smallest absolute Gasteiger partial charge is 0.343 e. The van der Waals surface area contributed by atoms with Crippen molar-refractivity contribution < 1.29 is 23.8 Å². The number of carbonyl (C=O) groups excluding carboxylic acids is 2. The fourth-order valence-corrected chi connectivity index (χ4v) is 2.74. The maximum atomic E-state index is 12.3. The van der Waals surface area contributed by atoms with E-state index in [0.717, 1.165) is 25.0 Å². The third-order valence-corrected chi connectivity index (χ3v) is 4.38. The van der Waals surface area contributed by atoms with Crippen LogP contribution in [0.15, 0.2) is 72.8 Å². The molecule has 1 aliphatic rings. The van der Waals surface area contributed by atoms with E-state index in [1.54, 1.807) is 72.8 Å². The molecule has 0 fully saturated rings. The van der Waals surface area contributed by atoms with Crippen LogP contribution in [0.2, 0.25) is 0 Å². The molecule has 2 aromatic carbocycles. The Kier molecular flexibility index (Phi) is 7.22. The van der Waals surface area contributed by atoms with Gasteiger partial charge in [-0.1, -0.05) is 44.1 Å². The molecule has 2 aromatic rings. The normalized spacial score (nSPS) is 12.7. The van der Waals surface area contributed by atoms with Gasteiger partial charge in [-0.15, -0.1) is 0 Å². The summed E-state index contributed by atoms with van der Waals surface area (Å²) in [5, 5.41) is 0. The van der Waals surface area contributed by atoms with Crippen LogP contribution in [-0.4, -0.2) is 18.5 Å². The summed E-state index contributed by atoms with van der Waals surface area (Å²) < 4.78 is 16.3. The van der Waals surface area contributed by atoms with Crippen molar-refractivity contribution in [2.75, 3.05) is 6.61 Å². The van der Waals surface area contributed by atoms with E-state index in [4.69, 9.17) is 14.2 Å². The quantitative estimate of drug-likeness (QED) is 0.337. The van der Waals surface area contributed by atoms with Gasteiger partial charge in [0.25, 0.3) is 0 Å². The molecule has 29 heavy (non-hydrogen) atoms. The molecule has 0 N–H and O–H groups in total. The molecule has 0 atom stereocenters. The van der Waals surface area contributed by atoms with Crippen molar-refractivity contribution in [2.24, 2.45) is 5.92 Å². The number of hydrogen-bond acceptors (Lipinski definition) is 5. The van der Waals surface area contributed by atoms with Gasteiger partial charge in [-0.3, -0.25) is 4.79 Å². The van der Waals surface area contributed by atoms with Gasteiger partial charge in [0.15, 0.2) is 0 Å². The van der Waals surface area contributed by atoms with Gasteiger partial charge in [-0.2, -0.15) is 0 Å². The van der Waals surface area contributed by atoms with Crippen LogP contribution in [0.3, 0.4) is 0 Å². The number of unbranched alkanes of at least 4 members (excludes halogenated alkanes) is 2. The van der Waals surface area contributed by atoms with E-state index in [1.807, 2.05) is 0 Å². The summed E-state index contributed by atoms with van der Waals surface area (Å²) in [5.74, 6) is 0.358. The summed E-state index contributed by atoms with van der Waals surface area (Å²) in [4.78, 5) is 24.3.